The van der Waals surface area contributed by atoms with Crippen molar-refractivity contribution >= 4 is 50.6 Å². The van der Waals surface area contributed by atoms with Crippen LogP contribution in [0.1, 0.15) is 11.1 Å². The fourth-order valence-corrected chi connectivity index (χ4v) is 3.53. The molecule has 1 N–H and O–H groups in total. The van der Waals surface area contributed by atoms with E-state index in [1.54, 1.807) is 12.2 Å². The highest BCUT2D eigenvalue weighted by atomic mass is 32.2. The monoisotopic (exact) mass is 339 g/mol. The van der Waals surface area contributed by atoms with Gasteiger partial charge in [-0.15, -0.1) is 0 Å². The Kier molecular flexibility index (Phi) is 5.49. The molecule has 0 amide bonds. The van der Waals surface area contributed by atoms with Crippen molar-refractivity contribution < 1.29 is 13.2 Å². The SMILES string of the molecule is O=C(C=Cc1ccsc1)CS(=O)(=O)N/C=C/c1ccsc1. The normalized spacial score (nSPS) is 12.2. The predicted octanol–water partition coefficient (Wildman–Crippen LogP) is 2.98. The van der Waals surface area contributed by atoms with Crippen LogP contribution in [0.5, 0.6) is 0 Å². The van der Waals surface area contributed by atoms with E-state index in [4.69, 9.17) is 0 Å². The summed E-state index contributed by atoms with van der Waals surface area (Å²) in [6.45, 7) is 0. The minimum Gasteiger partial charge on any atom is -0.294 e. The average Bonchev–Trinajstić information content (AvgIpc) is 3.08. The van der Waals surface area contributed by atoms with Gasteiger partial charge in [-0.25, -0.2) is 8.42 Å². The van der Waals surface area contributed by atoms with Gasteiger partial charge in [-0.1, -0.05) is 6.08 Å². The van der Waals surface area contributed by atoms with Crippen LogP contribution in [0.15, 0.2) is 45.9 Å². The first kappa shape index (κ1) is 15.7. The van der Waals surface area contributed by atoms with E-state index in [-0.39, 0.29) is 0 Å². The first-order valence-corrected chi connectivity index (χ1v) is 9.51. The van der Waals surface area contributed by atoms with Crippen molar-refractivity contribution in [3.63, 3.8) is 0 Å². The molecule has 110 valence electrons. The second-order valence-corrected chi connectivity index (χ2v) is 7.44. The summed E-state index contributed by atoms with van der Waals surface area (Å²) in [4.78, 5) is 11.6. The molecule has 0 radical (unpaired) electrons. The minimum atomic E-state index is -3.66. The van der Waals surface area contributed by atoms with Crippen molar-refractivity contribution in [1.82, 2.24) is 4.72 Å². The zero-order valence-corrected chi connectivity index (χ0v) is 13.4. The number of rotatable bonds is 7. The third kappa shape index (κ3) is 5.66. The topological polar surface area (TPSA) is 63.2 Å². The minimum absolute atomic E-state index is 0.461. The number of carbonyl (C=O) groups excluding carboxylic acids is 1. The molecule has 2 heterocycles. The molecule has 2 aromatic heterocycles. The van der Waals surface area contributed by atoms with Gasteiger partial charge in [0.25, 0.3) is 0 Å². The lowest BCUT2D eigenvalue weighted by molar-refractivity contribution is -0.112. The van der Waals surface area contributed by atoms with E-state index in [0.29, 0.717) is 0 Å². The maximum atomic E-state index is 11.7. The number of ketones is 1. The Morgan fingerprint density at radius 1 is 1.10 bits per heavy atom. The van der Waals surface area contributed by atoms with Gasteiger partial charge in [0.05, 0.1) is 0 Å². The Bertz CT molecular complexity index is 727. The smallest absolute Gasteiger partial charge is 0.239 e. The van der Waals surface area contributed by atoms with Crippen LogP contribution in [0.25, 0.3) is 12.2 Å². The van der Waals surface area contributed by atoms with Gasteiger partial charge in [0.1, 0.15) is 5.75 Å². The number of hydrogen-bond donors (Lipinski definition) is 1. The van der Waals surface area contributed by atoms with Crippen LogP contribution >= 0.6 is 22.7 Å². The van der Waals surface area contributed by atoms with E-state index in [1.165, 1.54) is 34.9 Å². The van der Waals surface area contributed by atoms with Gasteiger partial charge in [-0.2, -0.15) is 22.7 Å². The number of nitrogens with one attached hydrogen (secondary N) is 1. The van der Waals surface area contributed by atoms with Gasteiger partial charge in [0.2, 0.25) is 10.0 Å². The van der Waals surface area contributed by atoms with Gasteiger partial charge in [0.15, 0.2) is 5.78 Å². The molecule has 21 heavy (non-hydrogen) atoms. The fraction of sp³-hybridized carbons (Fsp3) is 0.0714. The summed E-state index contributed by atoms with van der Waals surface area (Å²) in [6, 6.07) is 3.72. The van der Waals surface area contributed by atoms with Crippen LogP contribution in [0.3, 0.4) is 0 Å². The molecule has 7 heteroatoms. The summed E-state index contributed by atoms with van der Waals surface area (Å²) in [6.07, 6.45) is 5.85. The van der Waals surface area contributed by atoms with Crippen LogP contribution < -0.4 is 4.72 Å². The Balaban J connectivity index is 1.87. The first-order valence-electron chi connectivity index (χ1n) is 5.97. The second-order valence-electron chi connectivity index (χ2n) is 4.12. The molecule has 0 saturated heterocycles. The van der Waals surface area contributed by atoms with Gasteiger partial charge in [0, 0.05) is 6.20 Å². The maximum Gasteiger partial charge on any atom is 0.239 e. The van der Waals surface area contributed by atoms with Crippen molar-refractivity contribution in [2.45, 2.75) is 0 Å². The molecule has 0 fully saturated rings. The Morgan fingerprint density at radius 3 is 2.29 bits per heavy atom. The van der Waals surface area contributed by atoms with E-state index in [1.807, 2.05) is 33.7 Å². The lowest BCUT2D eigenvalue weighted by atomic mass is 10.3. The van der Waals surface area contributed by atoms with Crippen molar-refractivity contribution in [1.29, 1.82) is 0 Å². The van der Waals surface area contributed by atoms with Gasteiger partial charge in [-0.3, -0.25) is 9.52 Å². The van der Waals surface area contributed by atoms with Crippen molar-refractivity contribution in [2.75, 3.05) is 5.75 Å². The summed E-state index contributed by atoms with van der Waals surface area (Å²) in [7, 11) is -3.66. The van der Waals surface area contributed by atoms with Crippen LogP contribution in [-0.4, -0.2) is 20.0 Å². The second kappa shape index (κ2) is 7.35. The molecule has 0 saturated carbocycles. The van der Waals surface area contributed by atoms with Crippen LogP contribution in [-0.2, 0) is 14.8 Å². The van der Waals surface area contributed by atoms with Gasteiger partial charge < -0.3 is 0 Å². The molecule has 0 aliphatic heterocycles. The summed E-state index contributed by atoms with van der Waals surface area (Å²) in [5, 5.41) is 7.55. The highest BCUT2D eigenvalue weighted by molar-refractivity contribution is 7.90. The van der Waals surface area contributed by atoms with Crippen LogP contribution in [0.4, 0.5) is 0 Å². The standard InChI is InChI=1S/C14H13NO3S3/c16-14(2-1-12-4-7-19-9-12)11-21(17,18)15-6-3-13-5-8-20-10-13/h1-10,15H,11H2/b2-1?,6-3+. The Morgan fingerprint density at radius 2 is 1.71 bits per heavy atom. The molecule has 0 atom stereocenters. The van der Waals surface area contributed by atoms with Crippen molar-refractivity contribution in [3.05, 3.63) is 57.1 Å². The lowest BCUT2D eigenvalue weighted by Gasteiger charge is -2.00. The van der Waals surface area contributed by atoms with Crippen LogP contribution in [0.2, 0.25) is 0 Å². The number of carbonyl (C=O) groups is 1. The van der Waals surface area contributed by atoms with E-state index >= 15 is 0 Å². The molecular formula is C14H13NO3S3. The predicted molar refractivity (Wildman–Crippen MR) is 88.6 cm³/mol. The first-order chi connectivity index (χ1) is 10.1. The van der Waals surface area contributed by atoms with Gasteiger partial charge in [-0.05, 0) is 56.9 Å². The lowest BCUT2D eigenvalue weighted by Crippen LogP contribution is -2.25. The maximum absolute atomic E-state index is 11.7. The summed E-state index contributed by atoms with van der Waals surface area (Å²) in [5.41, 5.74) is 1.79. The fourth-order valence-electron chi connectivity index (χ4n) is 1.44. The Labute approximate surface area is 131 Å². The highest BCUT2D eigenvalue weighted by Gasteiger charge is 2.12. The van der Waals surface area contributed by atoms with Crippen molar-refractivity contribution in [2.24, 2.45) is 0 Å². The number of sulfonamides is 1. The molecule has 2 rings (SSSR count). The van der Waals surface area contributed by atoms with E-state index in [9.17, 15) is 13.2 Å². The summed E-state index contributed by atoms with van der Waals surface area (Å²) >= 11 is 3.04. The zero-order valence-electron chi connectivity index (χ0n) is 10.9. The van der Waals surface area contributed by atoms with E-state index in [0.717, 1.165) is 11.1 Å². The molecule has 4 nitrogen and oxygen atoms in total. The van der Waals surface area contributed by atoms with Gasteiger partial charge >= 0.3 is 0 Å². The molecular weight excluding hydrogens is 326 g/mol. The number of hydrogen-bond acceptors (Lipinski definition) is 5. The number of thiophene rings is 2. The molecule has 0 aromatic carbocycles. The molecule has 0 spiro atoms. The molecule has 2 aromatic rings. The molecule has 0 aliphatic rings. The third-order valence-corrected chi connectivity index (χ3v) is 4.97. The molecule has 0 bridgehead atoms. The Hall–Kier alpha value is -1.70. The summed E-state index contributed by atoms with van der Waals surface area (Å²) < 4.78 is 25.7. The average molecular weight is 339 g/mol. The zero-order chi connectivity index (χ0) is 15.1. The highest BCUT2D eigenvalue weighted by Crippen LogP contribution is 2.08. The van der Waals surface area contributed by atoms with Crippen LogP contribution in [0, 0.1) is 0 Å². The summed E-state index contributed by atoms with van der Waals surface area (Å²) in [5.74, 6) is -1.03. The quantitative estimate of drug-likeness (QED) is 0.789. The third-order valence-electron chi connectivity index (χ3n) is 2.40. The van der Waals surface area contributed by atoms with E-state index in [2.05, 4.69) is 4.72 Å². The van der Waals surface area contributed by atoms with E-state index < -0.39 is 21.6 Å². The molecule has 0 unspecified atom stereocenters. The van der Waals surface area contributed by atoms with Crippen molar-refractivity contribution in [3.8, 4) is 0 Å². The molecule has 0 aliphatic carbocycles. The number of allylic oxidation sites excluding steroid dienone is 1. The largest absolute Gasteiger partial charge is 0.294 e.